The van der Waals surface area contributed by atoms with Gasteiger partial charge < -0.3 is 35.1 Å². The van der Waals surface area contributed by atoms with Crippen LogP contribution in [0.5, 0.6) is 0 Å². The fourth-order valence-corrected chi connectivity index (χ4v) is 2.20. The van der Waals surface area contributed by atoms with Gasteiger partial charge >= 0.3 is 136 Å². The number of nitrogens with zero attached hydrogens (tertiary/aromatic N) is 3. The van der Waals surface area contributed by atoms with Crippen molar-refractivity contribution in [2.45, 2.75) is 7.43 Å². The van der Waals surface area contributed by atoms with E-state index in [4.69, 9.17) is 15.3 Å². The molecule has 32 heavy (non-hydrogen) atoms. The van der Waals surface area contributed by atoms with Crippen molar-refractivity contribution in [3.63, 3.8) is 0 Å². The molecule has 162 valence electrons. The van der Waals surface area contributed by atoms with E-state index in [0.29, 0.717) is 0 Å². The van der Waals surface area contributed by atoms with Crippen LogP contribution in [0.2, 0.25) is 0 Å². The average Bonchev–Trinajstić information content (AvgIpc) is 2.46. The number of carboxylic acids is 5. The topological polar surface area (TPSA) is 202 Å². The van der Waals surface area contributed by atoms with Gasteiger partial charge in [-0.2, -0.15) is 0 Å². The first-order valence-corrected chi connectivity index (χ1v) is 7.71. The molecule has 0 spiro atoms. The third kappa shape index (κ3) is 29.3. The Kier molecular flexibility index (Phi) is 39.0. The van der Waals surface area contributed by atoms with Crippen LogP contribution in [0.15, 0.2) is 0 Å². The summed E-state index contributed by atoms with van der Waals surface area (Å²) in [6.07, 6.45) is 0. The first-order chi connectivity index (χ1) is 12.5. The van der Waals surface area contributed by atoms with Crippen LogP contribution < -0.4 is 128 Å². The van der Waals surface area contributed by atoms with Crippen LogP contribution >= 0.6 is 0 Å². The van der Waals surface area contributed by atoms with E-state index >= 15 is 0 Å². The summed E-state index contributed by atoms with van der Waals surface area (Å²) in [5.41, 5.74) is 0. The molecule has 0 atom stereocenters. The molecule has 13 nitrogen and oxygen atoms in total. The van der Waals surface area contributed by atoms with Crippen LogP contribution in [0, 0.1) is 0 Å². The zero-order valence-corrected chi connectivity index (χ0v) is 26.4. The van der Waals surface area contributed by atoms with E-state index in [1.54, 1.807) is 0 Å². The molecule has 0 aromatic carbocycles. The number of hydrogen-bond donors (Lipinski definition) is 3. The minimum absolute atomic E-state index is 0. The smallest absolute Gasteiger partial charge is 0.549 e. The monoisotopic (exact) mass is 499 g/mol. The first-order valence-electron chi connectivity index (χ1n) is 7.71. The molecule has 0 radical (unpaired) electrons. The van der Waals surface area contributed by atoms with Crippen LogP contribution in [0.4, 0.5) is 0 Å². The molecular weight excluding hydrogens is 474 g/mol. The van der Waals surface area contributed by atoms with Gasteiger partial charge in [-0.15, -0.1) is 0 Å². The number of carbonyl (C=O) groups excluding carboxylic acids is 2. The predicted molar refractivity (Wildman–Crippen MR) is 89.0 cm³/mol. The number of aliphatic carboxylic acids is 5. The van der Waals surface area contributed by atoms with Gasteiger partial charge in [0.2, 0.25) is 0 Å². The van der Waals surface area contributed by atoms with Gasteiger partial charge in [0, 0.05) is 39.3 Å². The minimum Gasteiger partial charge on any atom is -0.549 e. The fourth-order valence-electron chi connectivity index (χ4n) is 2.20. The van der Waals surface area contributed by atoms with E-state index in [9.17, 15) is 34.2 Å². The summed E-state index contributed by atoms with van der Waals surface area (Å²) in [7, 11) is 0. The molecule has 0 fully saturated rings. The molecule has 0 saturated carbocycles. The van der Waals surface area contributed by atoms with Crippen molar-refractivity contribution in [3.8, 4) is 0 Å². The van der Waals surface area contributed by atoms with Gasteiger partial charge in [-0.05, 0) is 0 Å². The van der Waals surface area contributed by atoms with Gasteiger partial charge in [0.05, 0.1) is 31.6 Å². The van der Waals surface area contributed by atoms with Gasteiger partial charge in [0.1, 0.15) is 0 Å². The molecule has 0 saturated heterocycles. The zero-order chi connectivity index (χ0) is 21.0. The summed E-state index contributed by atoms with van der Waals surface area (Å²) in [5, 5.41) is 47.8. The summed E-state index contributed by atoms with van der Waals surface area (Å²) >= 11 is 0. The Labute approximate surface area is 275 Å². The summed E-state index contributed by atoms with van der Waals surface area (Å²) in [6, 6.07) is 0. The van der Waals surface area contributed by atoms with Gasteiger partial charge in [-0.25, -0.2) is 0 Å². The Morgan fingerprint density at radius 1 is 0.500 bits per heavy atom. The standard InChI is InChI=1S/C14H23N3O10.CH4.4Na/c18-10(19)5-15(1-3-16(6-11(20)21)7-12(22)23)2-4-17(8-13(24)25)9-14(26)27;;;;;/h1-9H2,(H,18,19)(H,20,21)(H,22,23)(H,24,25)(H,26,27);1H4;;;;/q;;4*+1/p-2. The van der Waals surface area contributed by atoms with Crippen LogP contribution in [0.1, 0.15) is 7.43 Å². The third-order valence-electron chi connectivity index (χ3n) is 3.25. The summed E-state index contributed by atoms with van der Waals surface area (Å²) in [5.74, 6) is -6.76. The van der Waals surface area contributed by atoms with Gasteiger partial charge in [0.15, 0.2) is 0 Å². The number of rotatable bonds is 16. The van der Waals surface area contributed by atoms with Crippen molar-refractivity contribution in [2.75, 3.05) is 58.9 Å². The van der Waals surface area contributed by atoms with E-state index in [1.807, 2.05) is 0 Å². The summed E-state index contributed by atoms with van der Waals surface area (Å²) in [6.45, 7) is -3.29. The normalized spacial score (nSPS) is 9.34. The molecule has 0 unspecified atom stereocenters. The van der Waals surface area contributed by atoms with E-state index < -0.39 is 62.6 Å². The maximum absolute atomic E-state index is 10.9. The second-order valence-corrected chi connectivity index (χ2v) is 5.62. The predicted octanol–water partition coefficient (Wildman–Crippen LogP) is -16.7. The maximum Gasteiger partial charge on any atom is 1.00 e. The second-order valence-electron chi connectivity index (χ2n) is 5.62. The van der Waals surface area contributed by atoms with Gasteiger partial charge in [-0.1, -0.05) is 7.43 Å². The van der Waals surface area contributed by atoms with E-state index in [2.05, 4.69) is 0 Å². The molecule has 0 aromatic rings. The summed E-state index contributed by atoms with van der Waals surface area (Å²) < 4.78 is 0. The summed E-state index contributed by atoms with van der Waals surface area (Å²) in [4.78, 5) is 57.1. The average molecular weight is 499 g/mol. The Bertz CT molecular complexity index is 500. The molecule has 0 bridgehead atoms. The molecule has 0 aliphatic carbocycles. The molecular formula is C15H25N3Na4O10+2. The molecule has 17 heteroatoms. The Balaban J connectivity index is -0.000000338. The van der Waals surface area contributed by atoms with E-state index in [0.717, 1.165) is 9.80 Å². The van der Waals surface area contributed by atoms with Crippen LogP contribution in [0.3, 0.4) is 0 Å². The Hall–Kier alpha value is 1.23. The van der Waals surface area contributed by atoms with Crippen molar-refractivity contribution in [1.29, 1.82) is 0 Å². The maximum atomic E-state index is 10.9. The molecule has 0 rings (SSSR count). The molecule has 0 aliphatic rings. The minimum atomic E-state index is -1.50. The molecule has 0 aromatic heterocycles. The Morgan fingerprint density at radius 3 is 0.938 bits per heavy atom. The molecule has 3 N–H and O–H groups in total. The number of carbonyl (C=O) groups is 5. The SMILES string of the molecule is C.O=C([O-])CN(CCN(CCN(CC(=O)[O-])CC(=O)O)CC(=O)O)CC(=O)O.[Na+].[Na+].[Na+].[Na+]. The van der Waals surface area contributed by atoms with Crippen molar-refractivity contribution in [3.05, 3.63) is 0 Å². The zero-order valence-electron chi connectivity index (χ0n) is 18.4. The van der Waals surface area contributed by atoms with Crippen molar-refractivity contribution in [1.82, 2.24) is 14.7 Å². The van der Waals surface area contributed by atoms with Crippen molar-refractivity contribution < 1.29 is 168 Å². The van der Waals surface area contributed by atoms with Crippen LogP contribution in [0.25, 0.3) is 0 Å². The second kappa shape index (κ2) is 26.8. The van der Waals surface area contributed by atoms with Crippen LogP contribution in [-0.2, 0) is 24.0 Å². The van der Waals surface area contributed by atoms with E-state index in [1.165, 1.54) is 4.90 Å². The quantitative estimate of drug-likeness (QED) is 0.169. The number of hydrogen-bond acceptors (Lipinski definition) is 10. The van der Waals surface area contributed by atoms with E-state index in [-0.39, 0.29) is 152 Å². The third-order valence-corrected chi connectivity index (χ3v) is 3.25. The van der Waals surface area contributed by atoms with Crippen molar-refractivity contribution >= 4 is 29.8 Å². The number of carboxylic acid groups (broad SMARTS) is 5. The first kappa shape index (κ1) is 46.6. The van der Waals surface area contributed by atoms with Crippen molar-refractivity contribution in [2.24, 2.45) is 0 Å². The largest absolute Gasteiger partial charge is 1.00 e. The molecule has 0 aliphatic heterocycles. The van der Waals surface area contributed by atoms with Gasteiger partial charge in [-0.3, -0.25) is 29.1 Å². The molecule has 0 heterocycles. The van der Waals surface area contributed by atoms with Crippen LogP contribution in [-0.4, -0.2) is 119 Å². The Morgan fingerprint density at radius 2 is 0.719 bits per heavy atom. The van der Waals surface area contributed by atoms with Gasteiger partial charge in [0.25, 0.3) is 0 Å². The molecule has 0 amide bonds. The fraction of sp³-hybridized carbons (Fsp3) is 0.667.